The number of carbonyl (C=O) groups excluding carboxylic acids is 1. The normalized spacial score (nSPS) is 18.8. The Bertz CT molecular complexity index is 969. The van der Waals surface area contributed by atoms with E-state index in [0.717, 1.165) is 16.9 Å². The van der Waals surface area contributed by atoms with Crippen molar-refractivity contribution >= 4 is 29.2 Å². The topological polar surface area (TPSA) is 89.5 Å². The Morgan fingerprint density at radius 2 is 2.00 bits per heavy atom. The number of halogens is 2. The third-order valence-electron chi connectivity index (χ3n) is 5.89. The Hall–Kier alpha value is -2.61. The van der Waals surface area contributed by atoms with Crippen LogP contribution in [0, 0.1) is 18.7 Å². The molecule has 0 saturated carbocycles. The highest BCUT2D eigenvalue weighted by atomic mass is 35.5. The van der Waals surface area contributed by atoms with Crippen LogP contribution in [-0.4, -0.2) is 58.3 Å². The number of carboxylic acids is 1. The molecule has 1 fully saturated rings. The van der Waals surface area contributed by atoms with Crippen LogP contribution >= 0.6 is 11.6 Å². The molecule has 1 atom stereocenters. The van der Waals surface area contributed by atoms with Gasteiger partial charge in [-0.3, -0.25) is 9.89 Å². The number of anilines is 1. The molecule has 1 aromatic heterocycles. The Kier molecular flexibility index (Phi) is 5.21. The molecule has 2 N–H and O–H groups in total. The molecule has 9 heteroatoms. The van der Waals surface area contributed by atoms with Crippen molar-refractivity contribution in [3.8, 4) is 0 Å². The van der Waals surface area contributed by atoms with Crippen molar-refractivity contribution in [3.63, 3.8) is 0 Å². The number of aromatic amines is 1. The van der Waals surface area contributed by atoms with Gasteiger partial charge in [0.05, 0.1) is 5.02 Å². The second-order valence-corrected chi connectivity index (χ2v) is 8.06. The first kappa shape index (κ1) is 19.7. The third-order valence-corrected chi connectivity index (χ3v) is 6.35. The monoisotopic (exact) mass is 420 g/mol. The smallest absolute Gasteiger partial charge is 0.356 e. The molecule has 2 aromatic rings. The number of carboxylic acid groups (broad SMARTS) is 1. The summed E-state index contributed by atoms with van der Waals surface area (Å²) in [5.74, 6) is -1.29. The zero-order chi connectivity index (χ0) is 20.7. The maximum Gasteiger partial charge on any atom is 0.356 e. The zero-order valence-electron chi connectivity index (χ0n) is 16.0. The molecule has 154 valence electrons. The SMILES string of the molecule is Cc1c(N2CCN(C(=O)CC3Cc4[nH]nc(C(=O)O)c4C3)CC2)ccc(F)c1Cl. The summed E-state index contributed by atoms with van der Waals surface area (Å²) in [7, 11) is 0. The van der Waals surface area contributed by atoms with Crippen molar-refractivity contribution in [2.45, 2.75) is 26.2 Å². The fourth-order valence-corrected chi connectivity index (χ4v) is 4.48. The van der Waals surface area contributed by atoms with E-state index in [2.05, 4.69) is 15.1 Å². The van der Waals surface area contributed by atoms with Crippen LogP contribution in [0.3, 0.4) is 0 Å². The minimum atomic E-state index is -1.04. The summed E-state index contributed by atoms with van der Waals surface area (Å²) < 4.78 is 13.6. The molecule has 0 spiro atoms. The molecule has 29 heavy (non-hydrogen) atoms. The van der Waals surface area contributed by atoms with Gasteiger partial charge in [0.2, 0.25) is 5.91 Å². The summed E-state index contributed by atoms with van der Waals surface area (Å²) in [5.41, 5.74) is 3.22. The second kappa shape index (κ2) is 7.67. The van der Waals surface area contributed by atoms with E-state index in [0.29, 0.717) is 51.0 Å². The number of amides is 1. The van der Waals surface area contributed by atoms with E-state index in [9.17, 15) is 19.1 Å². The number of H-pyrrole nitrogens is 1. The molecular formula is C20H22ClFN4O3. The van der Waals surface area contributed by atoms with Crippen molar-refractivity contribution in [1.29, 1.82) is 0 Å². The molecule has 1 aliphatic carbocycles. The van der Waals surface area contributed by atoms with Crippen molar-refractivity contribution in [3.05, 3.63) is 45.5 Å². The van der Waals surface area contributed by atoms with Crippen molar-refractivity contribution in [2.75, 3.05) is 31.1 Å². The summed E-state index contributed by atoms with van der Waals surface area (Å²) in [5, 5.41) is 16.0. The highest BCUT2D eigenvalue weighted by molar-refractivity contribution is 6.31. The van der Waals surface area contributed by atoms with E-state index in [1.54, 1.807) is 13.0 Å². The first-order valence-corrected chi connectivity index (χ1v) is 9.99. The van der Waals surface area contributed by atoms with Crippen molar-refractivity contribution in [2.24, 2.45) is 5.92 Å². The fraction of sp³-hybridized carbons (Fsp3) is 0.450. The van der Waals surface area contributed by atoms with Gasteiger partial charge in [0.15, 0.2) is 5.69 Å². The number of aromatic nitrogens is 2. The molecule has 0 bridgehead atoms. The highest BCUT2D eigenvalue weighted by Gasteiger charge is 2.32. The quantitative estimate of drug-likeness (QED) is 0.793. The predicted octanol–water partition coefficient (Wildman–Crippen LogP) is 2.66. The lowest BCUT2D eigenvalue weighted by molar-refractivity contribution is -0.132. The minimum Gasteiger partial charge on any atom is -0.476 e. The van der Waals surface area contributed by atoms with Gasteiger partial charge in [0.1, 0.15) is 5.82 Å². The molecule has 2 heterocycles. The molecule has 7 nitrogen and oxygen atoms in total. The van der Waals surface area contributed by atoms with Gasteiger partial charge in [-0.05, 0) is 43.4 Å². The summed E-state index contributed by atoms with van der Waals surface area (Å²) >= 11 is 6.03. The highest BCUT2D eigenvalue weighted by Crippen LogP contribution is 2.32. The number of fused-ring (bicyclic) bond motifs is 1. The molecule has 1 amide bonds. The van der Waals surface area contributed by atoms with Crippen LogP contribution in [0.15, 0.2) is 12.1 Å². The maximum absolute atomic E-state index is 13.6. The van der Waals surface area contributed by atoms with Gasteiger partial charge in [-0.2, -0.15) is 5.10 Å². The number of hydrogen-bond donors (Lipinski definition) is 2. The molecule has 2 aliphatic rings. The second-order valence-electron chi connectivity index (χ2n) is 7.69. The number of nitrogens with one attached hydrogen (secondary N) is 1. The van der Waals surface area contributed by atoms with Crippen molar-refractivity contribution < 1.29 is 19.1 Å². The molecule has 4 rings (SSSR count). The van der Waals surface area contributed by atoms with Gasteiger partial charge in [-0.1, -0.05) is 11.6 Å². The van der Waals surface area contributed by atoms with Gasteiger partial charge < -0.3 is 14.9 Å². The molecule has 1 aliphatic heterocycles. The largest absolute Gasteiger partial charge is 0.476 e. The Labute approximate surface area is 172 Å². The van der Waals surface area contributed by atoms with Crippen LogP contribution in [-0.2, 0) is 17.6 Å². The van der Waals surface area contributed by atoms with E-state index < -0.39 is 11.8 Å². The van der Waals surface area contributed by atoms with Crippen LogP contribution in [0.5, 0.6) is 0 Å². The number of nitrogens with zero attached hydrogens (tertiary/aromatic N) is 3. The van der Waals surface area contributed by atoms with E-state index in [4.69, 9.17) is 11.6 Å². The lowest BCUT2D eigenvalue weighted by atomic mass is 10.0. The predicted molar refractivity (Wildman–Crippen MR) is 106 cm³/mol. The molecule has 1 unspecified atom stereocenters. The number of carbonyl (C=O) groups is 2. The molecule has 0 radical (unpaired) electrons. The molecule has 1 aromatic carbocycles. The average molecular weight is 421 g/mol. The van der Waals surface area contributed by atoms with Crippen molar-refractivity contribution in [1.82, 2.24) is 15.1 Å². The van der Waals surface area contributed by atoms with E-state index in [-0.39, 0.29) is 22.5 Å². The fourth-order valence-electron chi connectivity index (χ4n) is 4.32. The van der Waals surface area contributed by atoms with Crippen LogP contribution in [0.2, 0.25) is 5.02 Å². The van der Waals surface area contributed by atoms with Gasteiger partial charge >= 0.3 is 5.97 Å². The summed E-state index contributed by atoms with van der Waals surface area (Å²) in [6, 6.07) is 3.10. The number of hydrogen-bond acceptors (Lipinski definition) is 4. The van der Waals surface area contributed by atoms with Gasteiger partial charge in [0, 0.05) is 49.5 Å². The zero-order valence-corrected chi connectivity index (χ0v) is 16.8. The van der Waals surface area contributed by atoms with E-state index in [1.807, 2.05) is 4.90 Å². The molecular weight excluding hydrogens is 399 g/mol. The Morgan fingerprint density at radius 3 is 2.69 bits per heavy atom. The number of piperazine rings is 1. The first-order chi connectivity index (χ1) is 13.8. The summed E-state index contributed by atoms with van der Waals surface area (Å²) in [6.45, 7) is 4.30. The average Bonchev–Trinajstić information content (AvgIpc) is 3.26. The molecule has 1 saturated heterocycles. The van der Waals surface area contributed by atoms with Crippen LogP contribution < -0.4 is 4.90 Å². The number of benzene rings is 1. The van der Waals surface area contributed by atoms with Gasteiger partial charge in [-0.25, -0.2) is 9.18 Å². The van der Waals surface area contributed by atoms with Crippen LogP contribution in [0.4, 0.5) is 10.1 Å². The van der Waals surface area contributed by atoms with E-state index in [1.165, 1.54) is 6.07 Å². The number of aromatic carboxylic acids is 1. The van der Waals surface area contributed by atoms with Gasteiger partial charge in [0.25, 0.3) is 0 Å². The van der Waals surface area contributed by atoms with Gasteiger partial charge in [-0.15, -0.1) is 0 Å². The Morgan fingerprint density at radius 1 is 1.28 bits per heavy atom. The minimum absolute atomic E-state index is 0.0666. The first-order valence-electron chi connectivity index (χ1n) is 9.62. The van der Waals surface area contributed by atoms with Crippen LogP contribution in [0.25, 0.3) is 0 Å². The maximum atomic E-state index is 13.6. The Balaban J connectivity index is 1.33. The summed E-state index contributed by atoms with van der Waals surface area (Å²) in [4.78, 5) is 27.9. The van der Waals surface area contributed by atoms with E-state index >= 15 is 0 Å². The lowest BCUT2D eigenvalue weighted by Gasteiger charge is -2.37. The number of rotatable bonds is 4. The summed E-state index contributed by atoms with van der Waals surface area (Å²) in [6.07, 6.45) is 1.60. The standard InChI is InChI=1S/C20H22ClFN4O3/c1-11-16(3-2-14(22)18(11)21)25-4-6-26(7-5-25)17(27)10-12-8-13-15(9-12)23-24-19(13)20(28)29/h2-3,12H,4-10H2,1H3,(H,23,24)(H,28,29). The third kappa shape index (κ3) is 3.69. The van der Waals surface area contributed by atoms with Crippen LogP contribution in [0.1, 0.15) is 33.7 Å². The lowest BCUT2D eigenvalue weighted by Crippen LogP contribution is -2.49.